The number of carbonyl (C=O) groups excluding carboxylic acids is 1. The molecule has 0 aliphatic carbocycles. The van der Waals surface area contributed by atoms with E-state index >= 15 is 0 Å². The summed E-state index contributed by atoms with van der Waals surface area (Å²) in [7, 11) is 0. The van der Waals surface area contributed by atoms with Crippen molar-refractivity contribution in [1.82, 2.24) is 4.98 Å². The molecule has 2 aromatic rings. The Balaban J connectivity index is 0.00000132. The maximum absolute atomic E-state index is 12.4. The van der Waals surface area contributed by atoms with E-state index in [-0.39, 0.29) is 36.8 Å². The third-order valence-electron chi connectivity index (χ3n) is 3.83. The number of benzene rings is 1. The lowest BCUT2D eigenvalue weighted by atomic mass is 9.98. The molecule has 1 aromatic carbocycles. The first-order valence-electron chi connectivity index (χ1n) is 7.01. The van der Waals surface area contributed by atoms with Crippen molar-refractivity contribution in [2.45, 2.75) is 25.8 Å². The topological polar surface area (TPSA) is 71.2 Å². The number of halogens is 2. The summed E-state index contributed by atoms with van der Waals surface area (Å²) in [6.45, 7) is 2.78. The van der Waals surface area contributed by atoms with Crippen LogP contribution in [0.15, 0.2) is 29.8 Å². The van der Waals surface area contributed by atoms with Gasteiger partial charge in [0.25, 0.3) is 0 Å². The Morgan fingerprint density at radius 3 is 2.91 bits per heavy atom. The van der Waals surface area contributed by atoms with Gasteiger partial charge in [-0.15, -0.1) is 36.2 Å². The Bertz CT molecular complexity index is 651. The van der Waals surface area contributed by atoms with Gasteiger partial charge < -0.3 is 16.0 Å². The third kappa shape index (κ3) is 4.07. The molecule has 1 atom stereocenters. The molecule has 1 unspecified atom stereocenters. The Hall–Kier alpha value is -1.50. The number of thiazole rings is 1. The van der Waals surface area contributed by atoms with Crippen LogP contribution in [0.25, 0.3) is 0 Å². The molecule has 1 amide bonds. The van der Waals surface area contributed by atoms with Gasteiger partial charge in [-0.3, -0.25) is 4.79 Å². The van der Waals surface area contributed by atoms with Gasteiger partial charge in [-0.2, -0.15) is 0 Å². The van der Waals surface area contributed by atoms with Crippen LogP contribution in [0.2, 0.25) is 0 Å². The van der Waals surface area contributed by atoms with Crippen molar-refractivity contribution >= 4 is 58.6 Å². The van der Waals surface area contributed by atoms with Crippen molar-refractivity contribution in [3.63, 3.8) is 0 Å². The second kappa shape index (κ2) is 8.38. The number of carbonyl (C=O) groups is 1. The van der Waals surface area contributed by atoms with E-state index in [2.05, 4.69) is 15.2 Å². The number of nitrogen functional groups attached to an aromatic ring is 1. The molecule has 5 nitrogen and oxygen atoms in total. The highest BCUT2D eigenvalue weighted by Gasteiger charge is 2.27. The molecule has 1 aliphatic rings. The smallest absolute Gasteiger partial charge is 0.248 e. The Labute approximate surface area is 152 Å². The van der Waals surface area contributed by atoms with Gasteiger partial charge in [-0.05, 0) is 37.5 Å². The highest BCUT2D eigenvalue weighted by atomic mass is 35.5. The SMILES string of the molecule is CC(C(=O)Nc1nccs1)N1CCCc2c(N)cccc21.Cl.Cl. The number of amides is 1. The van der Waals surface area contributed by atoms with Crippen LogP contribution >= 0.6 is 36.2 Å². The van der Waals surface area contributed by atoms with Crippen LogP contribution < -0.4 is 16.0 Å². The number of aromatic nitrogens is 1. The van der Waals surface area contributed by atoms with Gasteiger partial charge in [0.2, 0.25) is 5.91 Å². The van der Waals surface area contributed by atoms with Crippen LogP contribution in [-0.2, 0) is 11.2 Å². The number of anilines is 3. The number of nitrogens with zero attached hydrogens (tertiary/aromatic N) is 2. The zero-order valence-electron chi connectivity index (χ0n) is 12.7. The maximum Gasteiger partial charge on any atom is 0.248 e. The van der Waals surface area contributed by atoms with Gasteiger partial charge in [0, 0.05) is 29.5 Å². The van der Waals surface area contributed by atoms with E-state index in [1.54, 1.807) is 6.20 Å². The van der Waals surface area contributed by atoms with Crippen LogP contribution in [-0.4, -0.2) is 23.5 Å². The van der Waals surface area contributed by atoms with E-state index in [1.807, 2.05) is 30.5 Å². The first kappa shape index (κ1) is 19.5. The molecule has 3 N–H and O–H groups in total. The molecule has 0 radical (unpaired) electrons. The second-order valence-electron chi connectivity index (χ2n) is 5.14. The zero-order valence-corrected chi connectivity index (χ0v) is 15.1. The number of nitrogens with two attached hydrogens (primary N) is 1. The number of nitrogens with one attached hydrogen (secondary N) is 1. The van der Waals surface area contributed by atoms with Crippen molar-refractivity contribution in [1.29, 1.82) is 0 Å². The van der Waals surface area contributed by atoms with Crippen LogP contribution in [0.4, 0.5) is 16.5 Å². The number of hydrogen-bond donors (Lipinski definition) is 2. The second-order valence-corrected chi connectivity index (χ2v) is 6.04. The van der Waals surface area contributed by atoms with Gasteiger partial charge in [0.05, 0.1) is 0 Å². The monoisotopic (exact) mass is 374 g/mol. The average Bonchev–Trinajstić information content (AvgIpc) is 2.99. The molecule has 2 heterocycles. The van der Waals surface area contributed by atoms with Crippen molar-refractivity contribution in [2.24, 2.45) is 0 Å². The lowest BCUT2D eigenvalue weighted by molar-refractivity contribution is -0.117. The molecule has 126 valence electrons. The fourth-order valence-corrected chi connectivity index (χ4v) is 3.25. The van der Waals surface area contributed by atoms with E-state index in [9.17, 15) is 4.79 Å². The summed E-state index contributed by atoms with van der Waals surface area (Å²) >= 11 is 1.42. The molecule has 0 spiro atoms. The van der Waals surface area contributed by atoms with Crippen LogP contribution in [0, 0.1) is 0 Å². The minimum Gasteiger partial charge on any atom is -0.398 e. The Kier molecular flexibility index (Phi) is 7.12. The standard InChI is InChI=1S/C15H18N4OS.2ClH/c1-10(14(20)18-15-17-7-9-21-15)19-8-3-4-11-12(16)5-2-6-13(11)19;;/h2,5-7,9-10H,3-4,8,16H2,1H3,(H,17,18,20);2*1H. The Morgan fingerprint density at radius 2 is 2.22 bits per heavy atom. The van der Waals surface area contributed by atoms with E-state index in [0.717, 1.165) is 36.3 Å². The lowest BCUT2D eigenvalue weighted by Gasteiger charge is -2.35. The number of fused-ring (bicyclic) bond motifs is 1. The lowest BCUT2D eigenvalue weighted by Crippen LogP contribution is -2.44. The fourth-order valence-electron chi connectivity index (χ4n) is 2.72. The average molecular weight is 375 g/mol. The first-order chi connectivity index (χ1) is 10.2. The molecule has 8 heteroatoms. The summed E-state index contributed by atoms with van der Waals surface area (Å²) < 4.78 is 0. The van der Waals surface area contributed by atoms with Crippen molar-refractivity contribution in [3.05, 3.63) is 35.3 Å². The summed E-state index contributed by atoms with van der Waals surface area (Å²) in [6, 6.07) is 5.65. The molecule has 0 bridgehead atoms. The summed E-state index contributed by atoms with van der Waals surface area (Å²) in [4.78, 5) is 18.6. The van der Waals surface area contributed by atoms with Gasteiger partial charge in [0.15, 0.2) is 5.13 Å². The molecule has 0 saturated heterocycles. The quantitative estimate of drug-likeness (QED) is 0.808. The molecule has 1 aromatic heterocycles. The summed E-state index contributed by atoms with van der Waals surface area (Å²) in [5.41, 5.74) is 9.09. The molecule has 1 aliphatic heterocycles. The predicted molar refractivity (Wildman–Crippen MR) is 101 cm³/mol. The first-order valence-corrected chi connectivity index (χ1v) is 7.89. The molecule has 0 fully saturated rings. The minimum atomic E-state index is -0.255. The highest BCUT2D eigenvalue weighted by Crippen LogP contribution is 2.32. The van der Waals surface area contributed by atoms with Crippen LogP contribution in [0.1, 0.15) is 18.9 Å². The van der Waals surface area contributed by atoms with Crippen molar-refractivity contribution in [2.75, 3.05) is 22.5 Å². The Morgan fingerprint density at radius 1 is 1.43 bits per heavy atom. The maximum atomic E-state index is 12.4. The van der Waals surface area contributed by atoms with E-state index in [1.165, 1.54) is 11.3 Å². The molecular formula is C15H20Cl2N4OS. The molecule has 0 saturated carbocycles. The zero-order chi connectivity index (χ0) is 14.8. The van der Waals surface area contributed by atoms with Crippen LogP contribution in [0.3, 0.4) is 0 Å². The largest absolute Gasteiger partial charge is 0.398 e. The van der Waals surface area contributed by atoms with Crippen molar-refractivity contribution in [3.8, 4) is 0 Å². The molecule has 23 heavy (non-hydrogen) atoms. The van der Waals surface area contributed by atoms with E-state index in [0.29, 0.717) is 5.13 Å². The van der Waals surface area contributed by atoms with E-state index in [4.69, 9.17) is 5.73 Å². The van der Waals surface area contributed by atoms with E-state index < -0.39 is 0 Å². The normalized spacial score (nSPS) is 14.0. The van der Waals surface area contributed by atoms with Crippen molar-refractivity contribution < 1.29 is 4.79 Å². The molecule has 3 rings (SSSR count). The summed E-state index contributed by atoms with van der Waals surface area (Å²) in [6.07, 6.45) is 3.66. The summed E-state index contributed by atoms with van der Waals surface area (Å²) in [5, 5.41) is 5.34. The molecular weight excluding hydrogens is 355 g/mol. The van der Waals surface area contributed by atoms with Crippen LogP contribution in [0.5, 0.6) is 0 Å². The van der Waals surface area contributed by atoms with Gasteiger partial charge in [-0.25, -0.2) is 4.98 Å². The summed E-state index contributed by atoms with van der Waals surface area (Å²) in [5.74, 6) is -0.0415. The number of hydrogen-bond acceptors (Lipinski definition) is 5. The fraction of sp³-hybridized carbons (Fsp3) is 0.333. The minimum absolute atomic E-state index is 0. The third-order valence-corrected chi connectivity index (χ3v) is 4.52. The van der Waals surface area contributed by atoms with Gasteiger partial charge in [0.1, 0.15) is 6.04 Å². The number of rotatable bonds is 3. The van der Waals surface area contributed by atoms with Gasteiger partial charge >= 0.3 is 0 Å². The predicted octanol–water partition coefficient (Wildman–Crippen LogP) is 3.35. The highest BCUT2D eigenvalue weighted by molar-refractivity contribution is 7.13. The van der Waals surface area contributed by atoms with Gasteiger partial charge in [-0.1, -0.05) is 6.07 Å².